The Bertz CT molecular complexity index is 935. The van der Waals surface area contributed by atoms with Gasteiger partial charge in [-0.05, 0) is 62.9 Å². The molecule has 2 saturated heterocycles. The summed E-state index contributed by atoms with van der Waals surface area (Å²) in [4.78, 5) is 32.3. The Kier molecular flexibility index (Phi) is 6.44. The van der Waals surface area contributed by atoms with Crippen molar-refractivity contribution in [3.8, 4) is 0 Å². The normalized spacial score (nSPS) is 17.4. The van der Waals surface area contributed by atoms with Crippen molar-refractivity contribution in [2.45, 2.75) is 32.6 Å². The van der Waals surface area contributed by atoms with Crippen LogP contribution in [0, 0.1) is 6.92 Å². The lowest BCUT2D eigenvalue weighted by molar-refractivity contribution is 0.0723. The number of carbonyl (C=O) groups excluding carboxylic acids is 2. The minimum Gasteiger partial charge on any atom is -0.399 e. The molecule has 0 spiro atoms. The van der Waals surface area contributed by atoms with Crippen molar-refractivity contribution in [1.29, 1.82) is 0 Å². The van der Waals surface area contributed by atoms with Gasteiger partial charge in [-0.1, -0.05) is 17.7 Å². The number of hydrogen-bond acceptors (Lipinski definition) is 4. The molecule has 0 aromatic heterocycles. The van der Waals surface area contributed by atoms with Crippen molar-refractivity contribution in [3.63, 3.8) is 0 Å². The monoisotopic (exact) mass is 420 g/mol. The maximum Gasteiger partial charge on any atom is 0.256 e. The summed E-state index contributed by atoms with van der Waals surface area (Å²) in [7, 11) is 0. The van der Waals surface area contributed by atoms with Gasteiger partial charge < -0.3 is 20.4 Å². The molecule has 0 atom stereocenters. The van der Waals surface area contributed by atoms with Gasteiger partial charge in [-0.3, -0.25) is 9.59 Å². The number of hydrogen-bond donors (Lipinski definition) is 1. The molecule has 4 rings (SSSR count). The van der Waals surface area contributed by atoms with E-state index in [2.05, 4.69) is 4.90 Å². The van der Waals surface area contributed by atoms with E-state index < -0.39 is 0 Å². The number of nitrogens with two attached hydrogens (primary N) is 1. The topological polar surface area (TPSA) is 69.9 Å². The third-order valence-electron chi connectivity index (χ3n) is 6.32. The fraction of sp³-hybridized carbons (Fsp3) is 0.440. The van der Waals surface area contributed by atoms with Crippen LogP contribution in [0.3, 0.4) is 0 Å². The Hall–Kier alpha value is -3.02. The quantitative estimate of drug-likeness (QED) is 0.771. The first kappa shape index (κ1) is 21.2. The minimum atomic E-state index is 0.0684. The first-order valence-electron chi connectivity index (χ1n) is 11.3. The molecule has 31 heavy (non-hydrogen) atoms. The number of rotatable bonds is 3. The predicted octanol–water partition coefficient (Wildman–Crippen LogP) is 3.56. The summed E-state index contributed by atoms with van der Waals surface area (Å²) < 4.78 is 0. The van der Waals surface area contributed by atoms with Gasteiger partial charge in [-0.25, -0.2) is 0 Å². The molecule has 2 aromatic carbocycles. The molecule has 0 radical (unpaired) electrons. The van der Waals surface area contributed by atoms with Crippen molar-refractivity contribution >= 4 is 23.2 Å². The summed E-state index contributed by atoms with van der Waals surface area (Å²) in [5, 5.41) is 0. The van der Waals surface area contributed by atoms with Crippen molar-refractivity contribution in [2.24, 2.45) is 0 Å². The number of amides is 2. The number of anilines is 2. The van der Waals surface area contributed by atoms with E-state index in [0.29, 0.717) is 30.9 Å². The zero-order chi connectivity index (χ0) is 21.8. The van der Waals surface area contributed by atoms with E-state index in [0.717, 1.165) is 55.7 Å². The molecule has 6 heteroatoms. The molecule has 2 aromatic rings. The van der Waals surface area contributed by atoms with Crippen LogP contribution in [0.4, 0.5) is 11.4 Å². The van der Waals surface area contributed by atoms with Gasteiger partial charge in [0.05, 0.1) is 5.56 Å². The van der Waals surface area contributed by atoms with E-state index in [1.807, 2.05) is 59.2 Å². The molecule has 2 fully saturated rings. The van der Waals surface area contributed by atoms with Gasteiger partial charge >= 0.3 is 0 Å². The average Bonchev–Trinajstić information content (AvgIpc) is 3.05. The van der Waals surface area contributed by atoms with E-state index in [9.17, 15) is 9.59 Å². The third kappa shape index (κ3) is 4.84. The largest absolute Gasteiger partial charge is 0.399 e. The second-order valence-electron chi connectivity index (χ2n) is 8.63. The van der Waals surface area contributed by atoms with Gasteiger partial charge in [0.15, 0.2) is 0 Å². The molecule has 2 N–H and O–H groups in total. The van der Waals surface area contributed by atoms with Crippen LogP contribution in [-0.4, -0.2) is 60.9 Å². The lowest BCUT2D eigenvalue weighted by Crippen LogP contribution is -2.38. The van der Waals surface area contributed by atoms with Crippen LogP contribution in [0.15, 0.2) is 42.5 Å². The molecule has 0 saturated carbocycles. The van der Waals surface area contributed by atoms with Gasteiger partial charge in [0.2, 0.25) is 0 Å². The second-order valence-corrected chi connectivity index (χ2v) is 8.63. The van der Waals surface area contributed by atoms with Gasteiger partial charge in [0, 0.05) is 56.2 Å². The molecule has 2 aliphatic heterocycles. The SMILES string of the molecule is Cc1ccc(C(=O)N2CCCN(c3ccc(N)cc3C(=O)N3CCCCC3)CC2)cc1. The van der Waals surface area contributed by atoms with E-state index in [1.54, 1.807) is 0 Å². The molecule has 2 aliphatic rings. The zero-order valence-electron chi connectivity index (χ0n) is 18.3. The number of likely N-dealkylation sites (tertiary alicyclic amines) is 1. The van der Waals surface area contributed by atoms with Crippen LogP contribution in [-0.2, 0) is 0 Å². The van der Waals surface area contributed by atoms with Gasteiger partial charge in [0.25, 0.3) is 11.8 Å². The third-order valence-corrected chi connectivity index (χ3v) is 6.32. The van der Waals surface area contributed by atoms with Crippen LogP contribution in [0.2, 0.25) is 0 Å². The first-order valence-corrected chi connectivity index (χ1v) is 11.3. The highest BCUT2D eigenvalue weighted by Gasteiger charge is 2.26. The van der Waals surface area contributed by atoms with Crippen LogP contribution < -0.4 is 10.6 Å². The fourth-order valence-corrected chi connectivity index (χ4v) is 4.51. The van der Waals surface area contributed by atoms with Crippen molar-refractivity contribution in [3.05, 3.63) is 59.2 Å². The summed E-state index contributed by atoms with van der Waals surface area (Å²) in [5.74, 6) is 0.141. The van der Waals surface area contributed by atoms with Crippen LogP contribution in [0.1, 0.15) is 52.0 Å². The van der Waals surface area contributed by atoms with E-state index in [4.69, 9.17) is 5.73 Å². The highest BCUT2D eigenvalue weighted by Crippen LogP contribution is 2.27. The van der Waals surface area contributed by atoms with Crippen LogP contribution in [0.5, 0.6) is 0 Å². The van der Waals surface area contributed by atoms with Gasteiger partial charge in [0.1, 0.15) is 0 Å². The molecule has 2 amide bonds. The van der Waals surface area contributed by atoms with Crippen molar-refractivity contribution in [1.82, 2.24) is 9.80 Å². The highest BCUT2D eigenvalue weighted by molar-refractivity contribution is 6.01. The maximum atomic E-state index is 13.3. The zero-order valence-corrected chi connectivity index (χ0v) is 18.3. The molecular weight excluding hydrogens is 388 g/mol. The number of piperidine rings is 1. The molecule has 164 valence electrons. The number of nitrogens with zero attached hydrogens (tertiary/aromatic N) is 3. The standard InChI is InChI=1S/C25H32N4O2/c1-19-6-8-20(9-7-19)24(30)29-15-5-14-27(16-17-29)23-11-10-21(26)18-22(23)25(31)28-12-3-2-4-13-28/h6-11,18H,2-5,12-17,26H2,1H3. The smallest absolute Gasteiger partial charge is 0.256 e. The molecule has 0 bridgehead atoms. The number of carbonyl (C=O) groups is 2. The number of nitrogen functional groups attached to an aromatic ring is 1. The minimum absolute atomic E-state index is 0.0684. The molecular formula is C25H32N4O2. The molecule has 6 nitrogen and oxygen atoms in total. The Labute approximate surface area is 184 Å². The van der Waals surface area contributed by atoms with Gasteiger partial charge in [-0.2, -0.15) is 0 Å². The number of aryl methyl sites for hydroxylation is 1. The summed E-state index contributed by atoms with van der Waals surface area (Å²) in [6.07, 6.45) is 4.16. The summed E-state index contributed by atoms with van der Waals surface area (Å²) in [5.41, 5.74) is 10.1. The van der Waals surface area contributed by atoms with E-state index in [-0.39, 0.29) is 11.8 Å². The van der Waals surface area contributed by atoms with Crippen molar-refractivity contribution in [2.75, 3.05) is 49.9 Å². The van der Waals surface area contributed by atoms with E-state index >= 15 is 0 Å². The average molecular weight is 421 g/mol. The lowest BCUT2D eigenvalue weighted by atomic mass is 10.1. The first-order chi connectivity index (χ1) is 15.0. The Balaban J connectivity index is 1.50. The lowest BCUT2D eigenvalue weighted by Gasteiger charge is -2.30. The van der Waals surface area contributed by atoms with Gasteiger partial charge in [-0.15, -0.1) is 0 Å². The van der Waals surface area contributed by atoms with E-state index in [1.165, 1.54) is 6.42 Å². The fourth-order valence-electron chi connectivity index (χ4n) is 4.51. The summed E-state index contributed by atoms with van der Waals surface area (Å²) in [6, 6.07) is 13.4. The van der Waals surface area contributed by atoms with Crippen molar-refractivity contribution < 1.29 is 9.59 Å². The Morgan fingerprint density at radius 2 is 1.42 bits per heavy atom. The molecule has 0 unspecified atom stereocenters. The van der Waals surface area contributed by atoms with Crippen LogP contribution >= 0.6 is 0 Å². The maximum absolute atomic E-state index is 13.3. The summed E-state index contributed by atoms with van der Waals surface area (Å²) >= 11 is 0. The Morgan fingerprint density at radius 1 is 0.742 bits per heavy atom. The highest BCUT2D eigenvalue weighted by atomic mass is 16.2. The second kappa shape index (κ2) is 9.41. The Morgan fingerprint density at radius 3 is 2.16 bits per heavy atom. The predicted molar refractivity (Wildman–Crippen MR) is 125 cm³/mol. The molecule has 2 heterocycles. The van der Waals surface area contributed by atoms with Crippen LogP contribution in [0.25, 0.3) is 0 Å². The summed E-state index contributed by atoms with van der Waals surface area (Å²) in [6.45, 7) is 6.50. The molecule has 0 aliphatic carbocycles. The number of benzene rings is 2.